The summed E-state index contributed by atoms with van der Waals surface area (Å²) in [6, 6.07) is 10.3. The first kappa shape index (κ1) is 13.7. The van der Waals surface area contributed by atoms with Gasteiger partial charge in [-0.3, -0.25) is 4.79 Å². The van der Waals surface area contributed by atoms with Gasteiger partial charge in [-0.2, -0.15) is 0 Å². The molecule has 0 radical (unpaired) electrons. The number of primary amides is 1. The van der Waals surface area contributed by atoms with Crippen LogP contribution in [0.1, 0.15) is 36.5 Å². The van der Waals surface area contributed by atoms with Gasteiger partial charge in [0.25, 0.3) is 5.91 Å². The van der Waals surface area contributed by atoms with Crippen LogP contribution in [0.5, 0.6) is 0 Å². The summed E-state index contributed by atoms with van der Waals surface area (Å²) in [7, 11) is 0. The highest BCUT2D eigenvalue weighted by Crippen LogP contribution is 2.29. The van der Waals surface area contributed by atoms with Crippen molar-refractivity contribution in [2.24, 2.45) is 5.73 Å². The molecule has 2 aromatic rings. The zero-order chi connectivity index (χ0) is 14.8. The molecule has 1 amide bonds. The zero-order valence-corrected chi connectivity index (χ0v) is 12.3. The van der Waals surface area contributed by atoms with Crippen molar-refractivity contribution in [1.82, 2.24) is 4.57 Å². The zero-order valence-electron chi connectivity index (χ0n) is 12.3. The van der Waals surface area contributed by atoms with Gasteiger partial charge in [-0.15, -0.1) is 0 Å². The molecule has 1 aromatic carbocycles. The Labute approximate surface area is 125 Å². The fraction of sp³-hybridized carbons (Fsp3) is 0.353. The minimum Gasteiger partial charge on any atom is -0.368 e. The molecule has 1 fully saturated rings. The summed E-state index contributed by atoms with van der Waals surface area (Å²) >= 11 is 0. The third-order valence-corrected chi connectivity index (χ3v) is 4.26. The van der Waals surface area contributed by atoms with E-state index in [0.29, 0.717) is 11.6 Å². The van der Waals surface area contributed by atoms with E-state index < -0.39 is 0 Å². The Morgan fingerprint density at radius 1 is 1.24 bits per heavy atom. The number of hydrogen-bond acceptors (Lipinski definition) is 2. The van der Waals surface area contributed by atoms with E-state index in [-0.39, 0.29) is 5.91 Å². The average Bonchev–Trinajstić information content (AvgIpc) is 3.01. The van der Waals surface area contributed by atoms with Crippen molar-refractivity contribution in [2.45, 2.75) is 32.2 Å². The maximum Gasteiger partial charge on any atom is 0.250 e. The number of anilines is 1. The molecular formula is C17H21N3O. The number of piperidine rings is 1. The monoisotopic (exact) mass is 283 g/mol. The molecule has 21 heavy (non-hydrogen) atoms. The largest absolute Gasteiger partial charge is 0.368 e. The lowest BCUT2D eigenvalue weighted by Crippen LogP contribution is -2.38. The Hall–Kier alpha value is -2.23. The Kier molecular flexibility index (Phi) is 3.69. The minimum absolute atomic E-state index is 0.364. The molecule has 0 saturated carbocycles. The van der Waals surface area contributed by atoms with Crippen molar-refractivity contribution in [2.75, 3.05) is 11.4 Å². The number of hydrogen-bond donors (Lipinski definition) is 1. The summed E-state index contributed by atoms with van der Waals surface area (Å²) in [6.45, 7) is 3.20. The number of nitrogens with two attached hydrogens (primary N) is 1. The Morgan fingerprint density at radius 3 is 2.67 bits per heavy atom. The van der Waals surface area contributed by atoms with Crippen LogP contribution in [-0.2, 0) is 0 Å². The maximum absolute atomic E-state index is 11.9. The third-order valence-electron chi connectivity index (χ3n) is 4.26. The molecule has 2 N–H and O–H groups in total. The molecule has 0 aliphatic carbocycles. The number of carbonyl (C=O) groups excluding carboxylic acids is 1. The molecule has 1 saturated heterocycles. The third kappa shape index (κ3) is 2.66. The van der Waals surface area contributed by atoms with Crippen LogP contribution in [-0.4, -0.2) is 23.1 Å². The van der Waals surface area contributed by atoms with Gasteiger partial charge in [-0.1, -0.05) is 0 Å². The van der Waals surface area contributed by atoms with E-state index in [1.807, 2.05) is 47.3 Å². The number of nitrogens with zero attached hydrogens (tertiary/aromatic N) is 2. The minimum atomic E-state index is -0.364. The highest BCUT2D eigenvalue weighted by Gasteiger charge is 2.22. The standard InChI is InChI=1S/C17H21N3O/c1-13-6-2-3-11-20(13)16-8-7-14(12-15(16)17(18)21)19-9-4-5-10-19/h4-5,7-10,12-13H,2-3,6,11H2,1H3,(H2,18,21). The van der Waals surface area contributed by atoms with E-state index in [2.05, 4.69) is 11.8 Å². The van der Waals surface area contributed by atoms with Gasteiger partial charge >= 0.3 is 0 Å². The van der Waals surface area contributed by atoms with Crippen LogP contribution in [0.25, 0.3) is 5.69 Å². The predicted octanol–water partition coefficient (Wildman–Crippen LogP) is 2.96. The molecule has 1 aliphatic heterocycles. The molecule has 1 atom stereocenters. The fourth-order valence-electron chi connectivity index (χ4n) is 3.10. The van der Waals surface area contributed by atoms with E-state index in [4.69, 9.17) is 5.73 Å². The van der Waals surface area contributed by atoms with Gasteiger partial charge in [0, 0.05) is 36.4 Å². The number of amides is 1. The van der Waals surface area contributed by atoms with Crippen LogP contribution in [0.4, 0.5) is 5.69 Å². The van der Waals surface area contributed by atoms with Crippen LogP contribution in [0, 0.1) is 0 Å². The molecule has 1 unspecified atom stereocenters. The van der Waals surface area contributed by atoms with Gasteiger partial charge in [0.1, 0.15) is 0 Å². The van der Waals surface area contributed by atoms with Crippen LogP contribution < -0.4 is 10.6 Å². The summed E-state index contributed by atoms with van der Waals surface area (Å²) < 4.78 is 1.98. The lowest BCUT2D eigenvalue weighted by Gasteiger charge is -2.36. The van der Waals surface area contributed by atoms with E-state index >= 15 is 0 Å². The lowest BCUT2D eigenvalue weighted by molar-refractivity contribution is 0.100. The number of aromatic nitrogens is 1. The first-order valence-corrected chi connectivity index (χ1v) is 7.50. The molecule has 3 rings (SSSR count). The second kappa shape index (κ2) is 5.64. The van der Waals surface area contributed by atoms with E-state index in [0.717, 1.165) is 24.3 Å². The van der Waals surface area contributed by atoms with Gasteiger partial charge < -0.3 is 15.2 Å². The molecule has 110 valence electrons. The Balaban J connectivity index is 2.02. The predicted molar refractivity (Wildman–Crippen MR) is 84.9 cm³/mol. The van der Waals surface area contributed by atoms with Gasteiger partial charge in [-0.05, 0) is 56.5 Å². The van der Waals surface area contributed by atoms with Gasteiger partial charge in [0.15, 0.2) is 0 Å². The first-order chi connectivity index (χ1) is 10.2. The van der Waals surface area contributed by atoms with Crippen molar-refractivity contribution >= 4 is 11.6 Å². The van der Waals surface area contributed by atoms with Crippen molar-refractivity contribution < 1.29 is 4.79 Å². The van der Waals surface area contributed by atoms with Crippen LogP contribution in [0.15, 0.2) is 42.7 Å². The van der Waals surface area contributed by atoms with E-state index in [9.17, 15) is 4.79 Å². The van der Waals surface area contributed by atoms with Crippen molar-refractivity contribution in [1.29, 1.82) is 0 Å². The summed E-state index contributed by atoms with van der Waals surface area (Å²) in [5.74, 6) is -0.364. The molecule has 1 aliphatic rings. The highest BCUT2D eigenvalue weighted by molar-refractivity contribution is 5.99. The summed E-state index contributed by atoms with van der Waals surface area (Å²) in [6.07, 6.45) is 7.51. The van der Waals surface area contributed by atoms with E-state index in [1.165, 1.54) is 12.8 Å². The number of rotatable bonds is 3. The Bertz CT molecular complexity index is 633. The topological polar surface area (TPSA) is 51.3 Å². The molecule has 4 heteroatoms. The fourth-order valence-corrected chi connectivity index (χ4v) is 3.10. The van der Waals surface area contributed by atoms with Gasteiger partial charge in [0.2, 0.25) is 0 Å². The van der Waals surface area contributed by atoms with Gasteiger partial charge in [-0.25, -0.2) is 0 Å². The smallest absolute Gasteiger partial charge is 0.250 e. The quantitative estimate of drug-likeness (QED) is 0.941. The Morgan fingerprint density at radius 2 is 2.00 bits per heavy atom. The number of benzene rings is 1. The molecule has 4 nitrogen and oxygen atoms in total. The molecule has 0 bridgehead atoms. The van der Waals surface area contributed by atoms with E-state index in [1.54, 1.807) is 0 Å². The summed E-state index contributed by atoms with van der Waals surface area (Å²) in [4.78, 5) is 14.2. The van der Waals surface area contributed by atoms with Crippen LogP contribution >= 0.6 is 0 Å². The van der Waals surface area contributed by atoms with Crippen molar-refractivity contribution in [3.63, 3.8) is 0 Å². The normalized spacial score (nSPS) is 18.7. The summed E-state index contributed by atoms with van der Waals surface area (Å²) in [5.41, 5.74) is 8.14. The lowest BCUT2D eigenvalue weighted by atomic mass is 10.0. The maximum atomic E-state index is 11.9. The second-order valence-electron chi connectivity index (χ2n) is 5.69. The SMILES string of the molecule is CC1CCCCN1c1ccc(-n2cccc2)cc1C(N)=O. The van der Waals surface area contributed by atoms with Crippen molar-refractivity contribution in [3.8, 4) is 5.69 Å². The second-order valence-corrected chi connectivity index (χ2v) is 5.69. The average molecular weight is 283 g/mol. The van der Waals surface area contributed by atoms with Gasteiger partial charge in [0.05, 0.1) is 5.56 Å². The highest BCUT2D eigenvalue weighted by atomic mass is 16.1. The van der Waals surface area contributed by atoms with Crippen molar-refractivity contribution in [3.05, 3.63) is 48.3 Å². The number of carbonyl (C=O) groups is 1. The molecule has 2 heterocycles. The van der Waals surface area contributed by atoms with Crippen LogP contribution in [0.3, 0.4) is 0 Å². The molecule has 1 aromatic heterocycles. The van der Waals surface area contributed by atoms with Crippen LogP contribution in [0.2, 0.25) is 0 Å². The molecule has 0 spiro atoms. The first-order valence-electron chi connectivity index (χ1n) is 7.50. The summed E-state index contributed by atoms with van der Waals surface area (Å²) in [5, 5.41) is 0. The molecular weight excluding hydrogens is 262 g/mol.